The van der Waals surface area contributed by atoms with Crippen molar-refractivity contribution in [2.75, 3.05) is 29.9 Å². The van der Waals surface area contributed by atoms with Crippen LogP contribution in [0.5, 0.6) is 0 Å². The SMILES string of the molecule is Cc1sc(S(=O)(=O)N2CCCC2)cc1NC(=O)C1CC(=O)N(c2cccc(Cl)c2)C1. The summed E-state index contributed by atoms with van der Waals surface area (Å²) in [6.07, 6.45) is 1.83. The number of hydrogen-bond donors (Lipinski definition) is 1. The van der Waals surface area contributed by atoms with Gasteiger partial charge < -0.3 is 10.2 Å². The first-order valence-corrected chi connectivity index (χ1v) is 12.4. The Kier molecular flexibility index (Phi) is 5.89. The molecular weight excluding hydrogens is 446 g/mol. The zero-order valence-electron chi connectivity index (χ0n) is 16.4. The summed E-state index contributed by atoms with van der Waals surface area (Å²) < 4.78 is 27.3. The van der Waals surface area contributed by atoms with Crippen molar-refractivity contribution in [1.29, 1.82) is 0 Å². The number of nitrogens with zero attached hydrogens (tertiary/aromatic N) is 2. The molecule has 1 aromatic heterocycles. The van der Waals surface area contributed by atoms with Gasteiger partial charge in [0.15, 0.2) is 0 Å². The molecule has 0 radical (unpaired) electrons. The van der Waals surface area contributed by atoms with Crippen molar-refractivity contribution in [1.82, 2.24) is 4.31 Å². The van der Waals surface area contributed by atoms with E-state index in [1.165, 1.54) is 10.4 Å². The highest BCUT2D eigenvalue weighted by molar-refractivity contribution is 7.91. The fourth-order valence-corrected chi connectivity index (χ4v) is 7.03. The third kappa shape index (κ3) is 4.12. The molecule has 1 unspecified atom stereocenters. The van der Waals surface area contributed by atoms with Crippen molar-refractivity contribution in [2.24, 2.45) is 5.92 Å². The molecule has 160 valence electrons. The van der Waals surface area contributed by atoms with Gasteiger partial charge in [-0.25, -0.2) is 8.42 Å². The summed E-state index contributed by atoms with van der Waals surface area (Å²) in [5, 5.41) is 3.34. The van der Waals surface area contributed by atoms with Crippen molar-refractivity contribution < 1.29 is 18.0 Å². The van der Waals surface area contributed by atoms with Crippen LogP contribution in [0.15, 0.2) is 34.5 Å². The Morgan fingerprint density at radius 1 is 1.23 bits per heavy atom. The number of anilines is 2. The van der Waals surface area contributed by atoms with E-state index in [9.17, 15) is 18.0 Å². The van der Waals surface area contributed by atoms with Crippen LogP contribution in [-0.4, -0.2) is 44.2 Å². The first-order chi connectivity index (χ1) is 14.3. The van der Waals surface area contributed by atoms with E-state index in [0.29, 0.717) is 29.5 Å². The smallest absolute Gasteiger partial charge is 0.252 e. The van der Waals surface area contributed by atoms with Gasteiger partial charge in [0, 0.05) is 41.6 Å². The maximum absolute atomic E-state index is 12.8. The first kappa shape index (κ1) is 21.3. The minimum absolute atomic E-state index is 0.0977. The Morgan fingerprint density at radius 2 is 1.97 bits per heavy atom. The van der Waals surface area contributed by atoms with Gasteiger partial charge in [-0.2, -0.15) is 4.31 Å². The number of amides is 2. The van der Waals surface area contributed by atoms with Crippen molar-refractivity contribution >= 4 is 56.2 Å². The number of benzene rings is 1. The summed E-state index contributed by atoms with van der Waals surface area (Å²) in [6.45, 7) is 3.10. The number of aryl methyl sites for hydroxylation is 1. The van der Waals surface area contributed by atoms with E-state index in [2.05, 4.69) is 5.32 Å². The topological polar surface area (TPSA) is 86.8 Å². The molecule has 2 saturated heterocycles. The normalized spacial score (nSPS) is 20.1. The molecule has 7 nitrogen and oxygen atoms in total. The highest BCUT2D eigenvalue weighted by Crippen LogP contribution is 2.34. The molecular formula is C20H22ClN3O4S2. The highest BCUT2D eigenvalue weighted by Gasteiger charge is 2.36. The standard InChI is InChI=1S/C20H22ClN3O4S2/c1-13-17(11-19(29-13)30(27,28)23-7-2-3-8-23)22-20(26)14-9-18(25)24(12-14)16-6-4-5-15(21)10-16/h4-6,10-11,14H,2-3,7-9,12H2,1H3,(H,22,26). The number of hydrogen-bond acceptors (Lipinski definition) is 5. The summed E-state index contributed by atoms with van der Waals surface area (Å²) >= 11 is 7.17. The lowest BCUT2D eigenvalue weighted by molar-refractivity contribution is -0.122. The van der Waals surface area contributed by atoms with Gasteiger partial charge in [-0.15, -0.1) is 11.3 Å². The maximum Gasteiger partial charge on any atom is 0.252 e. The third-order valence-corrected chi connectivity index (χ3v) is 9.06. The Hall–Kier alpha value is -1.94. The van der Waals surface area contributed by atoms with Gasteiger partial charge in [0.05, 0.1) is 11.6 Å². The van der Waals surface area contributed by atoms with E-state index in [1.807, 2.05) is 0 Å². The first-order valence-electron chi connectivity index (χ1n) is 9.73. The van der Waals surface area contributed by atoms with Crippen LogP contribution in [-0.2, 0) is 19.6 Å². The number of thiophene rings is 1. The minimum atomic E-state index is -3.53. The van der Waals surface area contributed by atoms with Crippen molar-refractivity contribution in [3.63, 3.8) is 0 Å². The van der Waals surface area contributed by atoms with Gasteiger partial charge >= 0.3 is 0 Å². The largest absolute Gasteiger partial charge is 0.325 e. The molecule has 1 N–H and O–H groups in total. The van der Waals surface area contributed by atoms with Crippen LogP contribution in [0.1, 0.15) is 24.1 Å². The van der Waals surface area contributed by atoms with E-state index in [4.69, 9.17) is 11.6 Å². The van der Waals surface area contributed by atoms with Gasteiger partial charge in [-0.3, -0.25) is 9.59 Å². The second-order valence-electron chi connectivity index (χ2n) is 7.52. The van der Waals surface area contributed by atoms with Gasteiger partial charge in [0.2, 0.25) is 11.8 Å². The average Bonchev–Trinajstić information content (AvgIpc) is 3.43. The number of carbonyl (C=O) groups excluding carboxylic acids is 2. The van der Waals surface area contributed by atoms with E-state index >= 15 is 0 Å². The number of sulfonamides is 1. The zero-order chi connectivity index (χ0) is 21.5. The van der Waals surface area contributed by atoms with Crippen molar-refractivity contribution in [2.45, 2.75) is 30.4 Å². The predicted molar refractivity (Wildman–Crippen MR) is 118 cm³/mol. The highest BCUT2D eigenvalue weighted by atomic mass is 35.5. The van der Waals surface area contributed by atoms with Crippen molar-refractivity contribution in [3.8, 4) is 0 Å². The second kappa shape index (κ2) is 8.30. The van der Waals surface area contributed by atoms with Gasteiger partial charge in [-0.1, -0.05) is 17.7 Å². The zero-order valence-corrected chi connectivity index (χ0v) is 18.8. The quantitative estimate of drug-likeness (QED) is 0.729. The van der Waals surface area contributed by atoms with Crippen LogP contribution in [0.3, 0.4) is 0 Å². The molecule has 10 heteroatoms. The fourth-order valence-electron chi connectivity index (χ4n) is 3.77. The van der Waals surface area contributed by atoms with Gasteiger partial charge in [-0.05, 0) is 44.0 Å². The Morgan fingerprint density at radius 3 is 2.67 bits per heavy atom. The molecule has 3 heterocycles. The Labute approximate surface area is 184 Å². The summed E-state index contributed by atoms with van der Waals surface area (Å²) in [7, 11) is -3.53. The molecule has 2 aliphatic heterocycles. The third-order valence-electron chi connectivity index (χ3n) is 5.43. The van der Waals surface area contributed by atoms with Crippen LogP contribution in [0.4, 0.5) is 11.4 Å². The van der Waals surface area contributed by atoms with Gasteiger partial charge in [0.25, 0.3) is 10.0 Å². The number of nitrogens with one attached hydrogen (secondary N) is 1. The lowest BCUT2D eigenvalue weighted by Gasteiger charge is -2.17. The Balaban J connectivity index is 1.47. The molecule has 4 rings (SSSR count). The molecule has 2 fully saturated rings. The van der Waals surface area contributed by atoms with E-state index in [-0.39, 0.29) is 29.0 Å². The van der Waals surface area contributed by atoms with Crippen LogP contribution in [0.2, 0.25) is 5.02 Å². The molecule has 1 atom stereocenters. The molecule has 0 aliphatic carbocycles. The number of rotatable bonds is 5. The van der Waals surface area contributed by atoms with Crippen molar-refractivity contribution in [3.05, 3.63) is 40.2 Å². The van der Waals surface area contributed by atoms with Crippen LogP contribution >= 0.6 is 22.9 Å². The van der Waals surface area contributed by atoms with E-state index in [0.717, 1.165) is 29.1 Å². The Bertz CT molecular complexity index is 1090. The molecule has 0 bridgehead atoms. The van der Waals surface area contributed by atoms with Crippen LogP contribution < -0.4 is 10.2 Å². The summed E-state index contributed by atoms with van der Waals surface area (Å²) in [5.41, 5.74) is 1.14. The summed E-state index contributed by atoms with van der Waals surface area (Å²) in [5.74, 6) is -0.954. The molecule has 0 saturated carbocycles. The molecule has 2 amide bonds. The second-order valence-corrected chi connectivity index (χ2v) is 11.4. The van der Waals surface area contributed by atoms with E-state index < -0.39 is 15.9 Å². The molecule has 30 heavy (non-hydrogen) atoms. The maximum atomic E-state index is 12.8. The minimum Gasteiger partial charge on any atom is -0.325 e. The summed E-state index contributed by atoms with van der Waals surface area (Å²) in [4.78, 5) is 27.5. The molecule has 2 aromatic rings. The predicted octanol–water partition coefficient (Wildman–Crippen LogP) is 3.49. The van der Waals surface area contributed by atoms with Crippen LogP contribution in [0.25, 0.3) is 0 Å². The molecule has 0 spiro atoms. The molecule has 2 aliphatic rings. The molecule has 1 aromatic carbocycles. The number of halogens is 1. The lowest BCUT2D eigenvalue weighted by Crippen LogP contribution is -2.28. The monoisotopic (exact) mass is 467 g/mol. The summed E-state index contributed by atoms with van der Waals surface area (Å²) in [6, 6.07) is 8.48. The average molecular weight is 468 g/mol. The fraction of sp³-hybridized carbons (Fsp3) is 0.400. The number of carbonyl (C=O) groups is 2. The van der Waals surface area contributed by atoms with Crippen LogP contribution in [0, 0.1) is 12.8 Å². The lowest BCUT2D eigenvalue weighted by atomic mass is 10.1. The van der Waals surface area contributed by atoms with E-state index in [1.54, 1.807) is 36.1 Å². The van der Waals surface area contributed by atoms with Gasteiger partial charge in [0.1, 0.15) is 4.21 Å².